The van der Waals surface area contributed by atoms with E-state index in [4.69, 9.17) is 9.15 Å². The molecule has 0 bridgehead atoms. The van der Waals surface area contributed by atoms with E-state index >= 15 is 0 Å². The van der Waals surface area contributed by atoms with Gasteiger partial charge in [0.2, 0.25) is 5.78 Å². The molecule has 1 heterocycles. The van der Waals surface area contributed by atoms with Gasteiger partial charge in [-0.05, 0) is 42.8 Å². The van der Waals surface area contributed by atoms with E-state index in [1.807, 2.05) is 24.3 Å². The number of hydrogen-bond acceptors (Lipinski definition) is 4. The van der Waals surface area contributed by atoms with Crippen molar-refractivity contribution in [2.24, 2.45) is 0 Å². The lowest BCUT2D eigenvalue weighted by Gasteiger charge is -2.08. The van der Waals surface area contributed by atoms with Gasteiger partial charge in [-0.2, -0.15) is 0 Å². The Hall–Kier alpha value is -3.86. The minimum absolute atomic E-state index is 0.114. The second-order valence-electron chi connectivity index (χ2n) is 7.89. The van der Waals surface area contributed by atoms with Crippen LogP contribution in [0.2, 0.25) is 0 Å². The van der Waals surface area contributed by atoms with E-state index in [0.29, 0.717) is 34.4 Å². The summed E-state index contributed by atoms with van der Waals surface area (Å²) in [5.41, 5.74) is 1.88. The molecule has 0 aliphatic rings. The topological polar surface area (TPSA) is 68.5 Å². The summed E-state index contributed by atoms with van der Waals surface area (Å²) in [7, 11) is 0. The lowest BCUT2D eigenvalue weighted by atomic mass is 10.1. The van der Waals surface area contributed by atoms with E-state index in [1.54, 1.807) is 54.6 Å². The van der Waals surface area contributed by atoms with Crippen LogP contribution in [0.3, 0.4) is 0 Å². The maximum absolute atomic E-state index is 13.1. The van der Waals surface area contributed by atoms with Gasteiger partial charge in [0, 0.05) is 16.5 Å². The number of benzene rings is 3. The number of para-hydroxylation sites is 1. The molecule has 0 spiro atoms. The normalized spacial score (nSPS) is 10.8. The van der Waals surface area contributed by atoms with Crippen molar-refractivity contribution in [3.05, 3.63) is 95.7 Å². The van der Waals surface area contributed by atoms with Crippen LogP contribution in [0.1, 0.15) is 59.1 Å². The highest BCUT2D eigenvalue weighted by Crippen LogP contribution is 2.33. The fourth-order valence-corrected chi connectivity index (χ4v) is 3.66. The number of nitrogens with one attached hydrogen (secondary N) is 1. The third kappa shape index (κ3) is 5.32. The fraction of sp³-hybridized carbons (Fsp3) is 0.214. The lowest BCUT2D eigenvalue weighted by molar-refractivity contribution is 0.101. The van der Waals surface area contributed by atoms with Crippen molar-refractivity contribution >= 4 is 28.3 Å². The average molecular weight is 442 g/mol. The van der Waals surface area contributed by atoms with Gasteiger partial charge >= 0.3 is 0 Å². The molecule has 1 amide bonds. The molecule has 5 heteroatoms. The molecule has 0 atom stereocenters. The van der Waals surface area contributed by atoms with Gasteiger partial charge in [0.1, 0.15) is 11.3 Å². The van der Waals surface area contributed by atoms with Crippen molar-refractivity contribution in [2.45, 2.75) is 32.6 Å². The molecule has 168 valence electrons. The maximum Gasteiger partial charge on any atom is 0.255 e. The Bertz CT molecular complexity index is 1230. The van der Waals surface area contributed by atoms with Crippen LogP contribution >= 0.6 is 0 Å². The summed E-state index contributed by atoms with van der Waals surface area (Å²) in [4.78, 5) is 26.1. The summed E-state index contributed by atoms with van der Waals surface area (Å²) in [5.74, 6) is 0.242. The van der Waals surface area contributed by atoms with Crippen LogP contribution in [0.5, 0.6) is 5.75 Å². The van der Waals surface area contributed by atoms with E-state index in [0.717, 1.165) is 18.6 Å². The van der Waals surface area contributed by atoms with Gasteiger partial charge in [0.25, 0.3) is 5.91 Å². The zero-order chi connectivity index (χ0) is 23.0. The standard InChI is InChI=1S/C28H27NO4/c1-2-3-4-10-19-32-22-17-15-21(16-18-22)28(31)29-25-23-13-8-9-14-24(23)33-27(25)26(30)20-11-6-5-7-12-20/h5-9,11-18H,2-4,10,19H2,1H3,(H,29,31). The first-order chi connectivity index (χ1) is 16.2. The van der Waals surface area contributed by atoms with Crippen LogP contribution in [0.4, 0.5) is 5.69 Å². The summed E-state index contributed by atoms with van der Waals surface area (Å²) in [5, 5.41) is 3.57. The van der Waals surface area contributed by atoms with Crippen LogP contribution in [0, 0.1) is 0 Å². The van der Waals surface area contributed by atoms with Crippen molar-refractivity contribution in [3.63, 3.8) is 0 Å². The number of rotatable bonds is 10. The Morgan fingerprint density at radius 1 is 0.818 bits per heavy atom. The van der Waals surface area contributed by atoms with Crippen LogP contribution < -0.4 is 10.1 Å². The number of ether oxygens (including phenoxy) is 1. The molecular formula is C28H27NO4. The summed E-state index contributed by atoms with van der Waals surface area (Å²) in [6.45, 7) is 2.84. The van der Waals surface area contributed by atoms with Crippen LogP contribution in [0.25, 0.3) is 11.0 Å². The third-order valence-corrected chi connectivity index (χ3v) is 5.46. The van der Waals surface area contributed by atoms with Crippen molar-refractivity contribution in [1.29, 1.82) is 0 Å². The Labute approximate surface area is 193 Å². The predicted molar refractivity (Wildman–Crippen MR) is 130 cm³/mol. The molecule has 0 fully saturated rings. The number of ketones is 1. The van der Waals surface area contributed by atoms with E-state index < -0.39 is 0 Å². The highest BCUT2D eigenvalue weighted by Gasteiger charge is 2.23. The first-order valence-electron chi connectivity index (χ1n) is 11.3. The fourth-order valence-electron chi connectivity index (χ4n) is 3.66. The van der Waals surface area contributed by atoms with Gasteiger partial charge < -0.3 is 14.5 Å². The number of furan rings is 1. The first kappa shape index (κ1) is 22.3. The molecule has 4 aromatic rings. The molecule has 0 radical (unpaired) electrons. The number of fused-ring (bicyclic) bond motifs is 1. The first-order valence-corrected chi connectivity index (χ1v) is 11.3. The molecule has 33 heavy (non-hydrogen) atoms. The molecule has 0 saturated carbocycles. The molecule has 1 N–H and O–H groups in total. The Morgan fingerprint density at radius 3 is 2.30 bits per heavy atom. The molecule has 5 nitrogen and oxygen atoms in total. The quantitative estimate of drug-likeness (QED) is 0.215. The molecule has 0 aliphatic carbocycles. The molecule has 0 unspecified atom stereocenters. The maximum atomic E-state index is 13.1. The second-order valence-corrected chi connectivity index (χ2v) is 7.89. The van der Waals surface area contributed by atoms with E-state index in [-0.39, 0.29) is 17.5 Å². The van der Waals surface area contributed by atoms with Crippen molar-refractivity contribution in [3.8, 4) is 5.75 Å². The zero-order valence-electron chi connectivity index (χ0n) is 18.7. The minimum atomic E-state index is -0.321. The van der Waals surface area contributed by atoms with E-state index in [2.05, 4.69) is 12.2 Å². The number of amides is 1. The highest BCUT2D eigenvalue weighted by molar-refractivity contribution is 6.18. The average Bonchev–Trinajstić information content (AvgIpc) is 3.22. The van der Waals surface area contributed by atoms with Crippen LogP contribution in [0.15, 0.2) is 83.3 Å². The van der Waals surface area contributed by atoms with Gasteiger partial charge in [0.05, 0.1) is 12.3 Å². The van der Waals surface area contributed by atoms with Gasteiger partial charge in [-0.15, -0.1) is 0 Å². The third-order valence-electron chi connectivity index (χ3n) is 5.46. The van der Waals surface area contributed by atoms with E-state index in [9.17, 15) is 9.59 Å². The SMILES string of the molecule is CCCCCCOc1ccc(C(=O)Nc2c(C(=O)c3ccccc3)oc3ccccc23)cc1. The summed E-state index contributed by atoms with van der Waals surface area (Å²) in [6, 6.07) is 23.2. The minimum Gasteiger partial charge on any atom is -0.494 e. The Morgan fingerprint density at radius 2 is 1.55 bits per heavy atom. The number of carbonyl (C=O) groups is 2. The summed E-state index contributed by atoms with van der Waals surface area (Å²) < 4.78 is 11.6. The molecule has 1 aromatic heterocycles. The molecule has 0 aliphatic heterocycles. The van der Waals surface area contributed by atoms with Crippen molar-refractivity contribution in [1.82, 2.24) is 0 Å². The van der Waals surface area contributed by atoms with E-state index in [1.165, 1.54) is 12.8 Å². The molecule has 3 aromatic carbocycles. The van der Waals surface area contributed by atoms with Crippen molar-refractivity contribution < 1.29 is 18.7 Å². The van der Waals surface area contributed by atoms with Crippen LogP contribution in [-0.2, 0) is 0 Å². The Balaban J connectivity index is 1.52. The number of hydrogen-bond donors (Lipinski definition) is 1. The summed E-state index contributed by atoms with van der Waals surface area (Å²) >= 11 is 0. The number of unbranched alkanes of at least 4 members (excludes halogenated alkanes) is 3. The zero-order valence-corrected chi connectivity index (χ0v) is 18.7. The number of anilines is 1. The lowest BCUT2D eigenvalue weighted by Crippen LogP contribution is -2.14. The molecule has 4 rings (SSSR count). The summed E-state index contributed by atoms with van der Waals surface area (Å²) in [6.07, 6.45) is 4.57. The molecular weight excluding hydrogens is 414 g/mol. The van der Waals surface area contributed by atoms with Gasteiger partial charge in [-0.3, -0.25) is 9.59 Å². The highest BCUT2D eigenvalue weighted by atomic mass is 16.5. The predicted octanol–water partition coefficient (Wildman–Crippen LogP) is 6.88. The van der Waals surface area contributed by atoms with Gasteiger partial charge in [-0.25, -0.2) is 0 Å². The molecule has 0 saturated heterocycles. The largest absolute Gasteiger partial charge is 0.494 e. The van der Waals surface area contributed by atoms with Crippen LogP contribution in [-0.4, -0.2) is 18.3 Å². The monoisotopic (exact) mass is 441 g/mol. The smallest absolute Gasteiger partial charge is 0.255 e. The van der Waals surface area contributed by atoms with Gasteiger partial charge in [-0.1, -0.05) is 68.7 Å². The van der Waals surface area contributed by atoms with Gasteiger partial charge in [0.15, 0.2) is 5.76 Å². The second kappa shape index (κ2) is 10.6. The number of carbonyl (C=O) groups excluding carboxylic acids is 2. The Kier molecular flexibility index (Phi) is 7.20. The van der Waals surface area contributed by atoms with Crippen molar-refractivity contribution in [2.75, 3.05) is 11.9 Å².